The Morgan fingerprint density at radius 3 is 2.86 bits per heavy atom. The van der Waals surface area contributed by atoms with E-state index in [0.717, 1.165) is 29.8 Å². The number of hydrogen-bond acceptors (Lipinski definition) is 3. The van der Waals surface area contributed by atoms with E-state index in [1.165, 1.54) is 0 Å². The molecule has 4 nitrogen and oxygen atoms in total. The van der Waals surface area contributed by atoms with Gasteiger partial charge in [0, 0.05) is 24.6 Å². The molecule has 5 heteroatoms. The van der Waals surface area contributed by atoms with Crippen LogP contribution in [0.15, 0.2) is 36.8 Å². The van der Waals surface area contributed by atoms with Crippen LogP contribution in [-0.4, -0.2) is 22.4 Å². The fourth-order valence-electron chi connectivity index (χ4n) is 2.21. The van der Waals surface area contributed by atoms with Crippen molar-refractivity contribution in [2.24, 2.45) is 0 Å². The molecule has 0 saturated carbocycles. The van der Waals surface area contributed by atoms with E-state index in [1.807, 2.05) is 25.1 Å². The summed E-state index contributed by atoms with van der Waals surface area (Å²) in [5, 5.41) is 0.551. The molecule has 0 aliphatic carbocycles. The van der Waals surface area contributed by atoms with Gasteiger partial charge in [0.25, 0.3) is 0 Å². The van der Waals surface area contributed by atoms with Crippen LogP contribution in [0.3, 0.4) is 0 Å². The van der Waals surface area contributed by atoms with Gasteiger partial charge >= 0.3 is 0 Å². The highest BCUT2D eigenvalue weighted by Gasteiger charge is 2.17. The molecule has 0 aliphatic heterocycles. The van der Waals surface area contributed by atoms with Crippen molar-refractivity contribution in [1.82, 2.24) is 9.97 Å². The molecule has 116 valence electrons. The van der Waals surface area contributed by atoms with Gasteiger partial charge in [0.05, 0.1) is 23.3 Å². The Morgan fingerprint density at radius 1 is 1.36 bits per heavy atom. The average molecular weight is 318 g/mol. The van der Waals surface area contributed by atoms with Gasteiger partial charge in [0.15, 0.2) is 0 Å². The number of rotatable bonds is 6. The first-order valence-electron chi connectivity index (χ1n) is 7.43. The van der Waals surface area contributed by atoms with E-state index in [0.29, 0.717) is 11.6 Å². The molecular formula is C17H20ClN3O. The highest BCUT2D eigenvalue weighted by Crippen LogP contribution is 2.18. The first kappa shape index (κ1) is 16.4. The lowest BCUT2D eigenvalue weighted by atomic mass is 10.1. The molecule has 0 aromatic carbocycles. The largest absolute Gasteiger partial charge is 0.311 e. The van der Waals surface area contributed by atoms with E-state index in [1.54, 1.807) is 23.5 Å². The Kier molecular flexibility index (Phi) is 5.90. The van der Waals surface area contributed by atoms with Crippen molar-refractivity contribution >= 4 is 23.2 Å². The maximum atomic E-state index is 12.7. The van der Waals surface area contributed by atoms with Gasteiger partial charge in [-0.2, -0.15) is 0 Å². The van der Waals surface area contributed by atoms with Crippen molar-refractivity contribution in [3.05, 3.63) is 53.1 Å². The molecule has 0 spiro atoms. The summed E-state index contributed by atoms with van der Waals surface area (Å²) in [5.41, 5.74) is 2.52. The molecule has 2 aromatic rings. The van der Waals surface area contributed by atoms with Crippen molar-refractivity contribution in [1.29, 1.82) is 0 Å². The summed E-state index contributed by atoms with van der Waals surface area (Å²) in [4.78, 5) is 22.8. The number of aryl methyl sites for hydroxylation is 1. The minimum atomic E-state index is 0.0358. The molecule has 22 heavy (non-hydrogen) atoms. The van der Waals surface area contributed by atoms with Crippen LogP contribution in [0.4, 0.5) is 5.69 Å². The monoisotopic (exact) mass is 317 g/mol. The van der Waals surface area contributed by atoms with Crippen LogP contribution in [0, 0.1) is 6.92 Å². The van der Waals surface area contributed by atoms with Gasteiger partial charge in [-0.15, -0.1) is 0 Å². The number of hydrogen-bond donors (Lipinski definition) is 0. The molecule has 0 saturated heterocycles. The third-order valence-corrected chi connectivity index (χ3v) is 3.70. The summed E-state index contributed by atoms with van der Waals surface area (Å²) in [6.45, 7) is 4.68. The summed E-state index contributed by atoms with van der Waals surface area (Å²) in [5.74, 6) is 0.0358. The normalized spacial score (nSPS) is 10.5. The maximum Gasteiger partial charge on any atom is 0.231 e. The van der Waals surface area contributed by atoms with Crippen LogP contribution < -0.4 is 4.90 Å². The summed E-state index contributed by atoms with van der Waals surface area (Å²) in [6.07, 6.45) is 7.29. The first-order valence-corrected chi connectivity index (χ1v) is 7.81. The zero-order valence-corrected chi connectivity index (χ0v) is 13.7. The van der Waals surface area contributed by atoms with E-state index >= 15 is 0 Å². The number of nitrogens with zero attached hydrogens (tertiary/aromatic N) is 3. The zero-order chi connectivity index (χ0) is 15.9. The zero-order valence-electron chi connectivity index (χ0n) is 12.9. The van der Waals surface area contributed by atoms with E-state index < -0.39 is 0 Å². The van der Waals surface area contributed by atoms with Crippen LogP contribution in [0.2, 0.25) is 5.02 Å². The fraction of sp³-hybridized carbons (Fsp3) is 0.353. The Labute approximate surface area is 136 Å². The molecule has 0 bridgehead atoms. The number of anilines is 1. The molecule has 0 radical (unpaired) electrons. The van der Waals surface area contributed by atoms with E-state index in [2.05, 4.69) is 16.9 Å². The van der Waals surface area contributed by atoms with Crippen molar-refractivity contribution in [2.45, 2.75) is 33.1 Å². The lowest BCUT2D eigenvalue weighted by molar-refractivity contribution is -0.118. The van der Waals surface area contributed by atoms with Crippen LogP contribution in [0.25, 0.3) is 0 Å². The average Bonchev–Trinajstić information content (AvgIpc) is 2.52. The first-order chi connectivity index (χ1) is 10.6. The summed E-state index contributed by atoms with van der Waals surface area (Å²) >= 11 is 5.98. The SMILES string of the molecule is CCCCN(C(=O)Cc1cc(Cl)cnc1C)c1cccnc1. The number of halogens is 1. The second kappa shape index (κ2) is 7.90. The minimum absolute atomic E-state index is 0.0358. The molecule has 2 heterocycles. The number of carbonyl (C=O) groups is 1. The van der Waals surface area contributed by atoms with Crippen LogP contribution >= 0.6 is 11.6 Å². The third kappa shape index (κ3) is 4.28. The highest BCUT2D eigenvalue weighted by atomic mass is 35.5. The van der Waals surface area contributed by atoms with Gasteiger partial charge < -0.3 is 4.90 Å². The molecule has 0 unspecified atom stereocenters. The van der Waals surface area contributed by atoms with E-state index in [4.69, 9.17) is 11.6 Å². The summed E-state index contributed by atoms with van der Waals surface area (Å²) in [7, 11) is 0. The van der Waals surface area contributed by atoms with Crippen LogP contribution in [-0.2, 0) is 11.2 Å². The van der Waals surface area contributed by atoms with Crippen molar-refractivity contribution in [3.8, 4) is 0 Å². The van der Waals surface area contributed by atoms with Crippen LogP contribution in [0.1, 0.15) is 31.0 Å². The van der Waals surface area contributed by atoms with Crippen molar-refractivity contribution < 1.29 is 4.79 Å². The number of unbranched alkanes of at least 4 members (excludes halogenated alkanes) is 1. The van der Waals surface area contributed by atoms with Gasteiger partial charge in [-0.1, -0.05) is 24.9 Å². The quantitative estimate of drug-likeness (QED) is 0.813. The second-order valence-electron chi connectivity index (χ2n) is 5.19. The second-order valence-corrected chi connectivity index (χ2v) is 5.62. The predicted molar refractivity (Wildman–Crippen MR) is 89.2 cm³/mol. The Hall–Kier alpha value is -1.94. The standard InChI is InChI=1S/C17H20ClN3O/c1-3-4-8-21(16-6-5-7-19-12-16)17(22)10-14-9-15(18)11-20-13(14)2/h5-7,9,11-12H,3-4,8,10H2,1-2H3. The smallest absolute Gasteiger partial charge is 0.231 e. The van der Waals surface area contributed by atoms with Gasteiger partial charge in [0.1, 0.15) is 0 Å². The number of carbonyl (C=O) groups excluding carboxylic acids is 1. The lowest BCUT2D eigenvalue weighted by Gasteiger charge is -2.22. The summed E-state index contributed by atoms with van der Waals surface area (Å²) < 4.78 is 0. The fourth-order valence-corrected chi connectivity index (χ4v) is 2.39. The molecule has 1 amide bonds. The Bertz CT molecular complexity index is 631. The van der Waals surface area contributed by atoms with Crippen molar-refractivity contribution in [2.75, 3.05) is 11.4 Å². The number of pyridine rings is 2. The molecule has 2 aromatic heterocycles. The van der Waals surface area contributed by atoms with Gasteiger partial charge in [0.2, 0.25) is 5.91 Å². The highest BCUT2D eigenvalue weighted by molar-refractivity contribution is 6.30. The minimum Gasteiger partial charge on any atom is -0.311 e. The molecular weight excluding hydrogens is 298 g/mol. The lowest BCUT2D eigenvalue weighted by Crippen LogP contribution is -2.33. The molecule has 0 aliphatic rings. The summed E-state index contributed by atoms with van der Waals surface area (Å²) in [6, 6.07) is 5.56. The van der Waals surface area contributed by atoms with Crippen LogP contribution in [0.5, 0.6) is 0 Å². The van der Waals surface area contributed by atoms with E-state index in [-0.39, 0.29) is 12.3 Å². The van der Waals surface area contributed by atoms with Gasteiger partial charge in [-0.3, -0.25) is 14.8 Å². The molecule has 2 rings (SSSR count). The number of aromatic nitrogens is 2. The maximum absolute atomic E-state index is 12.7. The third-order valence-electron chi connectivity index (χ3n) is 3.49. The van der Waals surface area contributed by atoms with Crippen molar-refractivity contribution in [3.63, 3.8) is 0 Å². The Morgan fingerprint density at radius 2 is 2.18 bits per heavy atom. The molecule has 0 atom stereocenters. The molecule has 0 N–H and O–H groups in total. The molecule has 0 fully saturated rings. The van der Waals surface area contributed by atoms with E-state index in [9.17, 15) is 4.79 Å². The Balaban J connectivity index is 2.20. The van der Waals surface area contributed by atoms with Gasteiger partial charge in [-0.05, 0) is 37.1 Å². The van der Waals surface area contributed by atoms with Gasteiger partial charge in [-0.25, -0.2) is 0 Å². The number of amides is 1. The predicted octanol–water partition coefficient (Wildman–Crippen LogP) is 3.81. The topological polar surface area (TPSA) is 46.1 Å².